The van der Waals surface area contributed by atoms with Crippen LogP contribution in [0, 0.1) is 0 Å². The van der Waals surface area contributed by atoms with Gasteiger partial charge in [-0.2, -0.15) is 16.9 Å². The number of alkyl halides is 2. The van der Waals surface area contributed by atoms with Crippen LogP contribution in [0.5, 0.6) is 0 Å². The molecule has 15 heavy (non-hydrogen) atoms. The third-order valence-electron chi connectivity index (χ3n) is 1.76. The van der Waals surface area contributed by atoms with Crippen LogP contribution in [0.4, 0.5) is 8.78 Å². The minimum atomic E-state index is -2.70. The second-order valence-corrected chi connectivity index (χ2v) is 3.76. The van der Waals surface area contributed by atoms with Crippen molar-refractivity contribution in [3.05, 3.63) is 17.5 Å². The molecule has 7 heteroatoms. The molecule has 0 spiro atoms. The van der Waals surface area contributed by atoms with E-state index in [4.69, 9.17) is 5.11 Å². The summed E-state index contributed by atoms with van der Waals surface area (Å²) in [5.74, 6) is -0.680. The molecular weight excluding hydrogens is 226 g/mol. The molecule has 0 saturated heterocycles. The molecule has 0 saturated carbocycles. The molecule has 4 nitrogen and oxygen atoms in total. The highest BCUT2D eigenvalue weighted by Gasteiger charge is 2.19. The number of aromatic nitrogens is 2. The first-order valence-corrected chi connectivity index (χ1v) is 5.53. The van der Waals surface area contributed by atoms with Gasteiger partial charge in [0, 0.05) is 11.8 Å². The molecule has 1 N–H and O–H groups in total. The largest absolute Gasteiger partial charge is 0.476 e. The van der Waals surface area contributed by atoms with Gasteiger partial charge >= 0.3 is 5.97 Å². The van der Waals surface area contributed by atoms with Crippen LogP contribution in [0.3, 0.4) is 0 Å². The lowest BCUT2D eigenvalue weighted by atomic mass is 10.3. The molecule has 0 unspecified atom stereocenters. The highest BCUT2D eigenvalue weighted by Crippen LogP contribution is 2.20. The quantitative estimate of drug-likeness (QED) is 0.848. The van der Waals surface area contributed by atoms with Crippen LogP contribution < -0.4 is 0 Å². The molecule has 0 amide bonds. The Labute approximate surface area is 89.3 Å². The van der Waals surface area contributed by atoms with Gasteiger partial charge in [-0.15, -0.1) is 0 Å². The van der Waals surface area contributed by atoms with E-state index in [-0.39, 0.29) is 17.9 Å². The van der Waals surface area contributed by atoms with Crippen LogP contribution >= 0.6 is 11.8 Å². The smallest absolute Gasteiger partial charge is 0.356 e. The molecule has 0 radical (unpaired) electrons. The molecule has 1 heterocycles. The van der Waals surface area contributed by atoms with Gasteiger partial charge in [0.2, 0.25) is 0 Å². The van der Waals surface area contributed by atoms with Gasteiger partial charge in [-0.25, -0.2) is 13.6 Å². The van der Waals surface area contributed by atoms with Crippen molar-refractivity contribution in [1.82, 2.24) is 9.78 Å². The lowest BCUT2D eigenvalue weighted by Gasteiger charge is -2.04. The van der Waals surface area contributed by atoms with Crippen molar-refractivity contribution in [2.45, 2.75) is 13.0 Å². The van der Waals surface area contributed by atoms with E-state index < -0.39 is 12.4 Å². The summed E-state index contributed by atoms with van der Waals surface area (Å²) < 4.78 is 26.0. The van der Waals surface area contributed by atoms with Gasteiger partial charge in [0.1, 0.15) is 5.69 Å². The highest BCUT2D eigenvalue weighted by atomic mass is 32.2. The predicted octanol–water partition coefficient (Wildman–Crippen LogP) is 1.88. The van der Waals surface area contributed by atoms with Crippen LogP contribution in [-0.4, -0.2) is 32.9 Å². The third-order valence-corrected chi connectivity index (χ3v) is 2.35. The summed E-state index contributed by atoms with van der Waals surface area (Å²) in [6.45, 7) is 0.286. The number of carbonyl (C=O) groups is 1. The van der Waals surface area contributed by atoms with Gasteiger partial charge < -0.3 is 5.11 Å². The van der Waals surface area contributed by atoms with Crippen molar-refractivity contribution in [1.29, 1.82) is 0 Å². The van der Waals surface area contributed by atoms with Crippen LogP contribution in [-0.2, 0) is 6.54 Å². The Morgan fingerprint density at radius 2 is 2.40 bits per heavy atom. The van der Waals surface area contributed by atoms with E-state index in [0.717, 1.165) is 10.7 Å². The SMILES string of the molecule is CSCCn1nc(C(=O)O)cc1C(F)F. The maximum absolute atomic E-state index is 12.5. The summed E-state index contributed by atoms with van der Waals surface area (Å²) in [6, 6.07) is 0.910. The first kappa shape index (κ1) is 12.0. The summed E-state index contributed by atoms with van der Waals surface area (Å²) in [5.41, 5.74) is -0.687. The fourth-order valence-corrected chi connectivity index (χ4v) is 1.42. The van der Waals surface area contributed by atoms with Gasteiger partial charge in [0.05, 0.1) is 6.54 Å². The molecule has 0 aliphatic rings. The summed E-state index contributed by atoms with van der Waals surface area (Å²) in [4.78, 5) is 10.5. The van der Waals surface area contributed by atoms with Gasteiger partial charge in [-0.1, -0.05) is 0 Å². The fraction of sp³-hybridized carbons (Fsp3) is 0.500. The fourth-order valence-electron chi connectivity index (χ4n) is 1.07. The predicted molar refractivity (Wildman–Crippen MR) is 52.5 cm³/mol. The van der Waals surface area contributed by atoms with Crippen LogP contribution in [0.1, 0.15) is 22.6 Å². The maximum Gasteiger partial charge on any atom is 0.356 e. The minimum Gasteiger partial charge on any atom is -0.476 e. The zero-order chi connectivity index (χ0) is 11.4. The van der Waals surface area contributed by atoms with Crippen molar-refractivity contribution < 1.29 is 18.7 Å². The molecule has 1 aromatic heterocycles. The first-order valence-electron chi connectivity index (χ1n) is 4.14. The Balaban J connectivity index is 2.95. The summed E-state index contributed by atoms with van der Waals surface area (Å²) in [7, 11) is 0. The minimum absolute atomic E-state index is 0.286. The van der Waals surface area contributed by atoms with E-state index in [0.29, 0.717) is 5.75 Å². The molecular formula is C8H10F2N2O2S. The molecule has 84 valence electrons. The second-order valence-electron chi connectivity index (χ2n) is 2.78. The van der Waals surface area contributed by atoms with E-state index >= 15 is 0 Å². The van der Waals surface area contributed by atoms with Crippen LogP contribution in [0.25, 0.3) is 0 Å². The Bertz CT molecular complexity index is 354. The molecule has 0 atom stereocenters. The molecule has 1 rings (SSSR count). The number of thioether (sulfide) groups is 1. The molecule has 0 aliphatic carbocycles. The molecule has 0 aromatic carbocycles. The molecule has 1 aromatic rings. The van der Waals surface area contributed by atoms with Gasteiger partial charge in [0.25, 0.3) is 6.43 Å². The van der Waals surface area contributed by atoms with Gasteiger partial charge in [-0.3, -0.25) is 4.68 Å². The second kappa shape index (κ2) is 5.11. The number of carboxylic acid groups (broad SMARTS) is 1. The number of halogens is 2. The summed E-state index contributed by atoms with van der Waals surface area (Å²) >= 11 is 1.48. The highest BCUT2D eigenvalue weighted by molar-refractivity contribution is 7.98. The molecule has 0 fully saturated rings. The Hall–Kier alpha value is -1.11. The Kier molecular flexibility index (Phi) is 4.07. The van der Waals surface area contributed by atoms with Gasteiger partial charge in [0.15, 0.2) is 5.69 Å². The van der Waals surface area contributed by atoms with E-state index in [1.165, 1.54) is 11.8 Å². The van der Waals surface area contributed by atoms with E-state index in [9.17, 15) is 13.6 Å². The average molecular weight is 236 g/mol. The lowest BCUT2D eigenvalue weighted by molar-refractivity contribution is 0.0689. The normalized spacial score (nSPS) is 10.9. The van der Waals surface area contributed by atoms with Crippen molar-refractivity contribution in [3.8, 4) is 0 Å². The zero-order valence-electron chi connectivity index (χ0n) is 7.98. The number of rotatable bonds is 5. The van der Waals surface area contributed by atoms with Crippen molar-refractivity contribution in [2.75, 3.05) is 12.0 Å². The summed E-state index contributed by atoms with van der Waals surface area (Å²) in [6.07, 6.45) is -0.864. The van der Waals surface area contributed by atoms with E-state index in [1.807, 2.05) is 6.26 Å². The number of aromatic carboxylic acids is 1. The van der Waals surface area contributed by atoms with Crippen LogP contribution in [0.15, 0.2) is 6.07 Å². The third kappa shape index (κ3) is 2.92. The average Bonchev–Trinajstić information content (AvgIpc) is 2.58. The lowest BCUT2D eigenvalue weighted by Crippen LogP contribution is -2.08. The number of hydrogen-bond acceptors (Lipinski definition) is 3. The summed E-state index contributed by atoms with van der Waals surface area (Å²) in [5, 5.41) is 12.2. The Morgan fingerprint density at radius 3 is 2.87 bits per heavy atom. The molecule has 0 aliphatic heterocycles. The number of carboxylic acids is 1. The molecule has 0 bridgehead atoms. The van der Waals surface area contributed by atoms with Crippen molar-refractivity contribution in [3.63, 3.8) is 0 Å². The topological polar surface area (TPSA) is 55.1 Å². The zero-order valence-corrected chi connectivity index (χ0v) is 8.80. The number of nitrogens with zero attached hydrogens (tertiary/aromatic N) is 2. The Morgan fingerprint density at radius 1 is 1.73 bits per heavy atom. The van der Waals surface area contributed by atoms with Crippen LogP contribution in [0.2, 0.25) is 0 Å². The number of hydrogen-bond donors (Lipinski definition) is 1. The van der Waals surface area contributed by atoms with E-state index in [2.05, 4.69) is 5.10 Å². The van der Waals surface area contributed by atoms with Crippen molar-refractivity contribution >= 4 is 17.7 Å². The van der Waals surface area contributed by atoms with E-state index in [1.54, 1.807) is 0 Å². The van der Waals surface area contributed by atoms with Crippen molar-refractivity contribution in [2.24, 2.45) is 0 Å². The van der Waals surface area contributed by atoms with Gasteiger partial charge in [-0.05, 0) is 6.26 Å². The standard InChI is InChI=1S/C8H10F2N2O2S/c1-15-3-2-12-6(7(9)10)4-5(11-12)8(13)14/h4,7H,2-3H2,1H3,(H,13,14). The maximum atomic E-state index is 12.5. The number of aryl methyl sites for hydroxylation is 1. The monoisotopic (exact) mass is 236 g/mol. The first-order chi connectivity index (χ1) is 7.06.